The minimum Gasteiger partial charge on any atom is -0.493 e. The number of nitrogens with one attached hydrogen (secondary N) is 1. The number of carbonyl (C=O) groups excluding carboxylic acids is 2. The molecule has 0 saturated heterocycles. The van der Waals surface area contributed by atoms with Crippen molar-refractivity contribution in [2.24, 2.45) is 0 Å². The van der Waals surface area contributed by atoms with E-state index in [4.69, 9.17) is 9.47 Å². The van der Waals surface area contributed by atoms with Crippen LogP contribution in [-0.4, -0.2) is 43.0 Å². The molecular formula is C27H29FN2O4. The number of amides is 2. The van der Waals surface area contributed by atoms with Gasteiger partial charge in [0.05, 0.1) is 7.11 Å². The third kappa shape index (κ3) is 6.81. The minimum absolute atomic E-state index is 0.128. The first-order valence-electron chi connectivity index (χ1n) is 11.1. The van der Waals surface area contributed by atoms with Crippen LogP contribution in [0.1, 0.15) is 18.1 Å². The molecule has 0 fully saturated rings. The van der Waals surface area contributed by atoms with Crippen molar-refractivity contribution in [3.05, 3.63) is 95.8 Å². The van der Waals surface area contributed by atoms with Crippen molar-refractivity contribution in [3.63, 3.8) is 0 Å². The molecule has 0 aromatic heterocycles. The summed E-state index contributed by atoms with van der Waals surface area (Å²) in [6.07, 6.45) is 0.328. The smallest absolute Gasteiger partial charge is 0.261 e. The largest absolute Gasteiger partial charge is 0.493 e. The van der Waals surface area contributed by atoms with Gasteiger partial charge in [-0.25, -0.2) is 4.39 Å². The van der Waals surface area contributed by atoms with E-state index in [1.54, 1.807) is 36.4 Å². The summed E-state index contributed by atoms with van der Waals surface area (Å²) >= 11 is 0. The van der Waals surface area contributed by atoms with Gasteiger partial charge in [0.15, 0.2) is 18.1 Å². The zero-order valence-corrected chi connectivity index (χ0v) is 19.4. The number of likely N-dealkylation sites (N-methyl/N-ethyl adjacent to an activating group) is 1. The summed E-state index contributed by atoms with van der Waals surface area (Å²) in [7, 11) is 1.52. The van der Waals surface area contributed by atoms with Crippen molar-refractivity contribution in [2.45, 2.75) is 25.9 Å². The van der Waals surface area contributed by atoms with Crippen molar-refractivity contribution in [3.8, 4) is 11.5 Å². The average molecular weight is 465 g/mol. The Morgan fingerprint density at radius 1 is 0.912 bits per heavy atom. The second-order valence-electron chi connectivity index (χ2n) is 7.69. The van der Waals surface area contributed by atoms with Gasteiger partial charge in [-0.2, -0.15) is 0 Å². The molecule has 1 N–H and O–H groups in total. The fourth-order valence-electron chi connectivity index (χ4n) is 3.59. The van der Waals surface area contributed by atoms with Crippen molar-refractivity contribution in [2.75, 3.05) is 20.3 Å². The first-order chi connectivity index (χ1) is 16.5. The molecule has 0 aliphatic heterocycles. The Hall–Kier alpha value is -3.87. The van der Waals surface area contributed by atoms with Crippen LogP contribution in [0, 0.1) is 5.82 Å². The molecule has 0 spiro atoms. The van der Waals surface area contributed by atoms with Gasteiger partial charge in [-0.05, 0) is 42.3 Å². The van der Waals surface area contributed by atoms with Gasteiger partial charge in [-0.15, -0.1) is 0 Å². The zero-order valence-electron chi connectivity index (χ0n) is 19.4. The van der Waals surface area contributed by atoms with Crippen LogP contribution in [-0.2, 0) is 22.6 Å². The van der Waals surface area contributed by atoms with Crippen LogP contribution in [0.25, 0.3) is 0 Å². The maximum absolute atomic E-state index is 13.5. The first kappa shape index (κ1) is 24.8. The van der Waals surface area contributed by atoms with Gasteiger partial charge in [-0.3, -0.25) is 9.59 Å². The Labute approximate surface area is 199 Å². The molecule has 0 bridgehead atoms. The van der Waals surface area contributed by atoms with Crippen LogP contribution in [0.3, 0.4) is 0 Å². The SMILES string of the molecule is CCNC(=O)C(Cc1ccccc1)N(Cc1ccc(F)cc1)C(=O)COc1ccccc1OC. The van der Waals surface area contributed by atoms with E-state index in [1.807, 2.05) is 37.3 Å². The lowest BCUT2D eigenvalue weighted by atomic mass is 10.0. The van der Waals surface area contributed by atoms with E-state index in [1.165, 1.54) is 24.1 Å². The van der Waals surface area contributed by atoms with Gasteiger partial charge in [0.25, 0.3) is 5.91 Å². The minimum atomic E-state index is -0.777. The monoisotopic (exact) mass is 464 g/mol. The zero-order chi connectivity index (χ0) is 24.3. The molecule has 34 heavy (non-hydrogen) atoms. The molecule has 3 rings (SSSR count). The van der Waals surface area contributed by atoms with Crippen molar-refractivity contribution < 1.29 is 23.5 Å². The number of hydrogen-bond donors (Lipinski definition) is 1. The van der Waals surface area contributed by atoms with Crippen LogP contribution in [0.2, 0.25) is 0 Å². The lowest BCUT2D eigenvalue weighted by Gasteiger charge is -2.31. The molecule has 7 heteroatoms. The summed E-state index contributed by atoms with van der Waals surface area (Å²) in [4.78, 5) is 28.0. The molecule has 6 nitrogen and oxygen atoms in total. The van der Waals surface area contributed by atoms with Gasteiger partial charge < -0.3 is 19.7 Å². The van der Waals surface area contributed by atoms with Crippen molar-refractivity contribution in [1.29, 1.82) is 0 Å². The number of rotatable bonds is 11. The lowest BCUT2D eigenvalue weighted by Crippen LogP contribution is -2.51. The number of methoxy groups -OCH3 is 1. The Morgan fingerprint density at radius 2 is 1.56 bits per heavy atom. The Balaban J connectivity index is 1.89. The van der Waals surface area contributed by atoms with E-state index in [-0.39, 0.29) is 30.8 Å². The summed E-state index contributed by atoms with van der Waals surface area (Å²) in [5.74, 6) is -0.0742. The van der Waals surface area contributed by atoms with Crippen LogP contribution in [0.15, 0.2) is 78.9 Å². The molecule has 3 aromatic carbocycles. The fourth-order valence-corrected chi connectivity index (χ4v) is 3.59. The molecule has 1 unspecified atom stereocenters. The van der Waals surface area contributed by atoms with E-state index in [2.05, 4.69) is 5.32 Å². The molecule has 0 heterocycles. The van der Waals surface area contributed by atoms with Gasteiger partial charge in [0.2, 0.25) is 5.91 Å². The molecule has 0 radical (unpaired) electrons. The van der Waals surface area contributed by atoms with E-state index >= 15 is 0 Å². The lowest BCUT2D eigenvalue weighted by molar-refractivity contribution is -0.142. The Morgan fingerprint density at radius 3 is 2.21 bits per heavy atom. The van der Waals surface area contributed by atoms with E-state index in [0.29, 0.717) is 30.0 Å². The standard InChI is InChI=1S/C27H29FN2O4/c1-3-29-27(32)23(17-20-9-5-4-6-10-20)30(18-21-13-15-22(28)16-14-21)26(31)19-34-25-12-8-7-11-24(25)33-2/h4-16,23H,3,17-19H2,1-2H3,(H,29,32). The number of nitrogens with zero attached hydrogens (tertiary/aromatic N) is 1. The van der Waals surface area contributed by atoms with Gasteiger partial charge in [0.1, 0.15) is 11.9 Å². The number of ether oxygens (including phenoxy) is 2. The Bertz CT molecular complexity index is 1070. The average Bonchev–Trinajstić information content (AvgIpc) is 2.86. The molecule has 0 aliphatic rings. The highest BCUT2D eigenvalue weighted by molar-refractivity contribution is 5.88. The first-order valence-corrected chi connectivity index (χ1v) is 11.1. The van der Waals surface area contributed by atoms with Crippen LogP contribution in [0.5, 0.6) is 11.5 Å². The molecular weight excluding hydrogens is 435 g/mol. The number of carbonyl (C=O) groups is 2. The summed E-state index contributed by atoms with van der Waals surface area (Å²) in [6.45, 7) is 2.10. The summed E-state index contributed by atoms with van der Waals surface area (Å²) < 4.78 is 24.5. The van der Waals surface area contributed by atoms with E-state index in [9.17, 15) is 14.0 Å². The molecule has 3 aromatic rings. The summed E-state index contributed by atoms with van der Waals surface area (Å²) in [5.41, 5.74) is 1.62. The third-order valence-electron chi connectivity index (χ3n) is 5.31. The maximum Gasteiger partial charge on any atom is 0.261 e. The molecule has 178 valence electrons. The summed E-state index contributed by atoms with van der Waals surface area (Å²) in [6, 6.07) is 21.6. The number of halogens is 1. The molecule has 0 saturated carbocycles. The van der Waals surface area contributed by atoms with Crippen molar-refractivity contribution in [1.82, 2.24) is 10.2 Å². The third-order valence-corrected chi connectivity index (χ3v) is 5.31. The van der Waals surface area contributed by atoms with Gasteiger partial charge in [0, 0.05) is 19.5 Å². The van der Waals surface area contributed by atoms with Crippen LogP contribution >= 0.6 is 0 Å². The fraction of sp³-hybridized carbons (Fsp3) is 0.259. The highest BCUT2D eigenvalue weighted by Gasteiger charge is 2.30. The van der Waals surface area contributed by atoms with Crippen LogP contribution < -0.4 is 14.8 Å². The second kappa shape index (κ2) is 12.4. The van der Waals surface area contributed by atoms with E-state index < -0.39 is 6.04 Å². The second-order valence-corrected chi connectivity index (χ2v) is 7.69. The van der Waals surface area contributed by atoms with Gasteiger partial charge in [-0.1, -0.05) is 54.6 Å². The van der Waals surface area contributed by atoms with Crippen molar-refractivity contribution >= 4 is 11.8 Å². The van der Waals surface area contributed by atoms with Crippen LogP contribution in [0.4, 0.5) is 4.39 Å². The van der Waals surface area contributed by atoms with Gasteiger partial charge >= 0.3 is 0 Å². The topological polar surface area (TPSA) is 67.9 Å². The number of hydrogen-bond acceptors (Lipinski definition) is 4. The molecule has 1 atom stereocenters. The quantitative estimate of drug-likeness (QED) is 0.466. The summed E-state index contributed by atoms with van der Waals surface area (Å²) in [5, 5.41) is 2.83. The van der Waals surface area contributed by atoms with E-state index in [0.717, 1.165) is 5.56 Å². The number of benzene rings is 3. The normalized spacial score (nSPS) is 11.4. The maximum atomic E-state index is 13.5. The molecule has 2 amide bonds. The predicted molar refractivity (Wildman–Crippen MR) is 128 cm³/mol. The molecule has 0 aliphatic carbocycles. The Kier molecular flexibility index (Phi) is 9.03. The highest BCUT2D eigenvalue weighted by Crippen LogP contribution is 2.26. The number of para-hydroxylation sites is 2. The predicted octanol–water partition coefficient (Wildman–Crippen LogP) is 3.99. The highest BCUT2D eigenvalue weighted by atomic mass is 19.1.